The van der Waals surface area contributed by atoms with Crippen LogP contribution in [0.1, 0.15) is 76.2 Å². The average Bonchev–Trinajstić information content (AvgIpc) is 3.41. The fourth-order valence-electron chi connectivity index (χ4n) is 6.65. The van der Waals surface area contributed by atoms with Crippen LogP contribution in [-0.2, 0) is 10.3 Å². The van der Waals surface area contributed by atoms with E-state index in [2.05, 4.69) is 40.3 Å². The molecule has 7 heteroatoms. The van der Waals surface area contributed by atoms with Crippen molar-refractivity contribution in [3.05, 3.63) is 35.2 Å². The Hall–Kier alpha value is -1.67. The van der Waals surface area contributed by atoms with Gasteiger partial charge in [-0.2, -0.15) is 0 Å². The summed E-state index contributed by atoms with van der Waals surface area (Å²) in [5.74, 6) is 0.714. The molecular weight excluding hydrogens is 482 g/mol. The molecule has 1 saturated carbocycles. The smallest absolute Gasteiger partial charge is 0.317 e. The Morgan fingerprint density at radius 2 is 2.03 bits per heavy atom. The van der Waals surface area contributed by atoms with Gasteiger partial charge in [0.1, 0.15) is 0 Å². The van der Waals surface area contributed by atoms with E-state index in [1.807, 2.05) is 11.9 Å². The SMILES string of the molecule is CNCC(CC1CCCCC1)NC(=O)N1CCCC([C@@](O)(CCCCOC)c2cccc3sccc23)C1. The van der Waals surface area contributed by atoms with Crippen LogP contribution in [-0.4, -0.2) is 62.5 Å². The summed E-state index contributed by atoms with van der Waals surface area (Å²) < 4.78 is 6.48. The van der Waals surface area contributed by atoms with Gasteiger partial charge >= 0.3 is 6.03 Å². The van der Waals surface area contributed by atoms with Crippen molar-refractivity contribution in [2.45, 2.75) is 82.3 Å². The molecule has 2 fully saturated rings. The standard InChI is InChI=1S/C30H47N3O3S/c1-31-21-25(20-23-10-4-3-5-11-23)32-29(34)33-17-9-12-24(22-33)30(35,16-6-7-18-36-2)27-13-8-14-28-26(27)15-19-37-28/h8,13-15,19,23-25,31,35H,3-7,9-12,16-18,20-22H2,1-2H3,(H,32,34)/t24?,25?,30-/m0/s1. The van der Waals surface area contributed by atoms with Crippen molar-refractivity contribution in [3.63, 3.8) is 0 Å². The van der Waals surface area contributed by atoms with Crippen LogP contribution in [0.5, 0.6) is 0 Å². The van der Waals surface area contributed by atoms with E-state index in [1.165, 1.54) is 36.8 Å². The lowest BCUT2D eigenvalue weighted by atomic mass is 9.73. The number of carbonyl (C=O) groups excluding carboxylic acids is 1. The monoisotopic (exact) mass is 529 g/mol. The van der Waals surface area contributed by atoms with Gasteiger partial charge in [0.2, 0.25) is 0 Å². The summed E-state index contributed by atoms with van der Waals surface area (Å²) in [7, 11) is 3.69. The normalized spacial score (nSPS) is 21.6. The van der Waals surface area contributed by atoms with Gasteiger partial charge in [0.15, 0.2) is 0 Å². The number of rotatable bonds is 12. The highest BCUT2D eigenvalue weighted by Gasteiger charge is 2.42. The molecular formula is C30H47N3O3S. The number of hydrogen-bond donors (Lipinski definition) is 3. The summed E-state index contributed by atoms with van der Waals surface area (Å²) in [4.78, 5) is 15.5. The summed E-state index contributed by atoms with van der Waals surface area (Å²) in [6.07, 6.45) is 11.9. The third-order valence-electron chi connectivity index (χ3n) is 8.62. The highest BCUT2D eigenvalue weighted by molar-refractivity contribution is 7.17. The lowest BCUT2D eigenvalue weighted by molar-refractivity contribution is -0.0552. The maximum atomic E-state index is 13.5. The number of hydrogen-bond acceptors (Lipinski definition) is 5. The number of benzene rings is 1. The van der Waals surface area contributed by atoms with Crippen molar-refractivity contribution in [2.24, 2.45) is 11.8 Å². The first-order valence-electron chi connectivity index (χ1n) is 14.4. The summed E-state index contributed by atoms with van der Waals surface area (Å²) in [5, 5.41) is 22.3. The molecule has 206 valence electrons. The fraction of sp³-hybridized carbons (Fsp3) is 0.700. The second-order valence-electron chi connectivity index (χ2n) is 11.2. The van der Waals surface area contributed by atoms with Crippen molar-refractivity contribution >= 4 is 27.5 Å². The van der Waals surface area contributed by atoms with Crippen LogP contribution < -0.4 is 10.6 Å². The van der Waals surface area contributed by atoms with Crippen LogP contribution in [0.15, 0.2) is 29.6 Å². The van der Waals surface area contributed by atoms with Crippen molar-refractivity contribution in [1.29, 1.82) is 0 Å². The number of carbonyl (C=O) groups is 1. The highest BCUT2D eigenvalue weighted by atomic mass is 32.1. The summed E-state index contributed by atoms with van der Waals surface area (Å²) in [6, 6.07) is 8.59. The van der Waals surface area contributed by atoms with Gasteiger partial charge in [-0.25, -0.2) is 4.79 Å². The Balaban J connectivity index is 1.48. The summed E-state index contributed by atoms with van der Waals surface area (Å²) in [5.41, 5.74) is 0.0426. The zero-order valence-electron chi connectivity index (χ0n) is 22.8. The maximum Gasteiger partial charge on any atom is 0.317 e. The molecule has 6 nitrogen and oxygen atoms in total. The number of ether oxygens (including phenoxy) is 1. The average molecular weight is 530 g/mol. The van der Waals surface area contributed by atoms with Gasteiger partial charge in [-0.1, -0.05) is 44.2 Å². The molecule has 3 N–H and O–H groups in total. The first kappa shape index (κ1) is 28.3. The van der Waals surface area contributed by atoms with Crippen molar-refractivity contribution in [3.8, 4) is 0 Å². The van der Waals surface area contributed by atoms with Gasteiger partial charge in [-0.15, -0.1) is 11.3 Å². The molecule has 2 unspecified atom stereocenters. The molecule has 2 aromatic rings. The first-order valence-corrected chi connectivity index (χ1v) is 15.3. The number of thiophene rings is 1. The van der Waals surface area contributed by atoms with Gasteiger partial charge in [-0.05, 0) is 80.0 Å². The minimum atomic E-state index is -0.972. The van der Waals surface area contributed by atoms with E-state index < -0.39 is 5.60 Å². The quantitative estimate of drug-likeness (QED) is 0.300. The lowest BCUT2D eigenvalue weighted by Crippen LogP contribution is -2.54. The molecule has 2 aliphatic rings. The van der Waals surface area contributed by atoms with Crippen LogP contribution in [0, 0.1) is 11.8 Å². The van der Waals surface area contributed by atoms with Crippen molar-refractivity contribution < 1.29 is 14.6 Å². The van der Waals surface area contributed by atoms with E-state index in [9.17, 15) is 9.90 Å². The number of fused-ring (bicyclic) bond motifs is 1. The molecule has 3 atom stereocenters. The number of urea groups is 1. The van der Waals surface area contributed by atoms with Gasteiger partial charge in [-0.3, -0.25) is 0 Å². The molecule has 2 heterocycles. The number of piperidine rings is 1. The molecule has 0 radical (unpaired) electrons. The molecule has 1 aliphatic carbocycles. The number of likely N-dealkylation sites (N-methyl/N-ethyl adjacent to an activating group) is 1. The number of methoxy groups -OCH3 is 1. The molecule has 1 aromatic heterocycles. The maximum absolute atomic E-state index is 13.5. The van der Waals surface area contributed by atoms with Gasteiger partial charge in [0, 0.05) is 50.0 Å². The van der Waals surface area contributed by atoms with E-state index in [4.69, 9.17) is 4.74 Å². The van der Waals surface area contributed by atoms with E-state index in [0.29, 0.717) is 25.5 Å². The highest BCUT2D eigenvalue weighted by Crippen LogP contribution is 2.43. The van der Waals surface area contributed by atoms with Gasteiger partial charge < -0.3 is 25.4 Å². The van der Waals surface area contributed by atoms with Crippen molar-refractivity contribution in [1.82, 2.24) is 15.5 Å². The van der Waals surface area contributed by atoms with Crippen LogP contribution in [0.4, 0.5) is 4.79 Å². The lowest BCUT2D eigenvalue weighted by Gasteiger charge is -2.43. The molecule has 0 bridgehead atoms. The Morgan fingerprint density at radius 1 is 1.19 bits per heavy atom. The third kappa shape index (κ3) is 7.25. The largest absolute Gasteiger partial charge is 0.385 e. The number of amides is 2. The van der Waals surface area contributed by atoms with Crippen LogP contribution in [0.25, 0.3) is 10.1 Å². The number of aliphatic hydroxyl groups is 1. The van der Waals surface area contributed by atoms with Crippen molar-refractivity contribution in [2.75, 3.05) is 40.4 Å². The van der Waals surface area contributed by atoms with Crippen LogP contribution in [0.2, 0.25) is 0 Å². The van der Waals surface area contributed by atoms with Crippen LogP contribution >= 0.6 is 11.3 Å². The minimum Gasteiger partial charge on any atom is -0.385 e. The number of likely N-dealkylation sites (tertiary alicyclic amines) is 1. The van der Waals surface area contributed by atoms with Gasteiger partial charge in [0.25, 0.3) is 0 Å². The van der Waals surface area contributed by atoms with E-state index in [-0.39, 0.29) is 18.0 Å². The van der Waals surface area contributed by atoms with Gasteiger partial charge in [0.05, 0.1) is 5.60 Å². The summed E-state index contributed by atoms with van der Waals surface area (Å²) >= 11 is 1.72. The Bertz CT molecular complexity index is 976. The second kappa shape index (κ2) is 13.9. The molecule has 0 spiro atoms. The molecule has 1 aliphatic heterocycles. The number of nitrogens with one attached hydrogen (secondary N) is 2. The molecule has 1 saturated heterocycles. The molecule has 37 heavy (non-hydrogen) atoms. The predicted molar refractivity (Wildman–Crippen MR) is 153 cm³/mol. The Labute approximate surface area is 227 Å². The Morgan fingerprint density at radius 3 is 2.81 bits per heavy atom. The number of nitrogens with zero attached hydrogens (tertiary/aromatic N) is 1. The summed E-state index contributed by atoms with van der Waals surface area (Å²) in [6.45, 7) is 2.83. The zero-order chi connectivity index (χ0) is 26.1. The third-order valence-corrected chi connectivity index (χ3v) is 9.51. The Kier molecular flexibility index (Phi) is 10.7. The predicted octanol–water partition coefficient (Wildman–Crippen LogP) is 5.89. The second-order valence-corrected chi connectivity index (χ2v) is 12.2. The van der Waals surface area contributed by atoms with E-state index >= 15 is 0 Å². The van der Waals surface area contributed by atoms with E-state index in [1.54, 1.807) is 18.4 Å². The topological polar surface area (TPSA) is 73.8 Å². The van der Waals surface area contributed by atoms with E-state index in [0.717, 1.165) is 56.1 Å². The van der Waals surface area contributed by atoms with Crippen LogP contribution in [0.3, 0.4) is 0 Å². The molecule has 4 rings (SSSR count). The molecule has 1 aromatic carbocycles. The number of unbranched alkanes of at least 4 members (excludes halogenated alkanes) is 1. The zero-order valence-corrected chi connectivity index (χ0v) is 23.7. The fourth-order valence-corrected chi connectivity index (χ4v) is 7.47. The first-order chi connectivity index (χ1) is 18.0. The molecule has 2 amide bonds. The minimum absolute atomic E-state index is 0.00106.